The number of hydrogen-bond acceptors (Lipinski definition) is 2. The minimum absolute atomic E-state index is 0. The monoisotopic (exact) mass is 1150 g/mol. The quantitative estimate of drug-likeness (QED) is 0.107. The van der Waals surface area contributed by atoms with Gasteiger partial charge in [0.05, 0.1) is 16.7 Å². The van der Waals surface area contributed by atoms with Crippen molar-refractivity contribution < 1.29 is 30.4 Å². The molecule has 0 fully saturated rings. The topological polar surface area (TPSA) is 35.9 Å². The molecule has 0 saturated carbocycles. The van der Waals surface area contributed by atoms with Crippen LogP contribution in [0.25, 0.3) is 83.4 Å². The summed E-state index contributed by atoms with van der Waals surface area (Å²) < 4.78 is 13.4. The molecule has 1 atom stereocenters. The Morgan fingerprint density at radius 3 is 1.85 bits per heavy atom. The Morgan fingerprint density at radius 2 is 1.16 bits per heavy atom. The molecule has 0 saturated heterocycles. The number of ether oxygens (including phenoxy) is 1. The zero-order valence-corrected chi connectivity index (χ0v) is 46.3. The first kappa shape index (κ1) is 50.2. The van der Waals surface area contributed by atoms with Gasteiger partial charge in [-0.3, -0.25) is 4.57 Å². The van der Waals surface area contributed by atoms with Gasteiger partial charge < -0.3 is 13.9 Å². The second kappa shape index (κ2) is 19.5. The maximum atomic E-state index is 6.77. The number of benzene rings is 8. The summed E-state index contributed by atoms with van der Waals surface area (Å²) in [5.41, 5.74) is 16.4. The number of fused-ring (bicyclic) bond motifs is 4. The van der Waals surface area contributed by atoms with Gasteiger partial charge in [-0.15, -0.1) is 29.7 Å². The van der Waals surface area contributed by atoms with Gasteiger partial charge in [-0.1, -0.05) is 202 Å². The average Bonchev–Trinajstić information content (AvgIpc) is 3.94. The van der Waals surface area contributed by atoms with E-state index in [4.69, 9.17) is 9.72 Å². The summed E-state index contributed by atoms with van der Waals surface area (Å²) in [5.74, 6) is 2.34. The Kier molecular flexibility index (Phi) is 13.2. The molecule has 8 aromatic carbocycles. The molecule has 0 bridgehead atoms. The number of para-hydroxylation sites is 2. The number of nitrogens with zero attached hydrogens (tertiary/aromatic N) is 4. The summed E-state index contributed by atoms with van der Waals surface area (Å²) in [6, 6.07) is 72.3. The predicted molar refractivity (Wildman–Crippen MR) is 302 cm³/mol. The van der Waals surface area contributed by atoms with Gasteiger partial charge in [-0.25, -0.2) is 4.98 Å². The van der Waals surface area contributed by atoms with Crippen molar-refractivity contribution in [1.82, 2.24) is 14.1 Å². The van der Waals surface area contributed by atoms with E-state index in [0.29, 0.717) is 17.4 Å². The van der Waals surface area contributed by atoms with Crippen molar-refractivity contribution in [2.24, 2.45) is 5.41 Å². The van der Waals surface area contributed by atoms with E-state index < -0.39 is 0 Å². The van der Waals surface area contributed by atoms with Crippen LogP contribution in [0.4, 0.5) is 0 Å². The molecule has 0 amide bonds. The van der Waals surface area contributed by atoms with Gasteiger partial charge in [0.2, 0.25) is 0 Å². The fraction of sp³-hybridized carbons (Fsp3) is 0.206. The summed E-state index contributed by atoms with van der Waals surface area (Å²) in [6.07, 6.45) is 5.84. The Hall–Kier alpha value is -7.33. The first-order chi connectivity index (χ1) is 35.0. The van der Waals surface area contributed by atoms with E-state index in [1.54, 1.807) is 0 Å². The van der Waals surface area contributed by atoms with Crippen LogP contribution in [-0.4, -0.2) is 14.1 Å². The van der Waals surface area contributed by atoms with Crippen LogP contribution >= 0.6 is 0 Å². The van der Waals surface area contributed by atoms with E-state index in [9.17, 15) is 0 Å². The average molecular weight is 1150 g/mol. The molecule has 372 valence electrons. The zero-order valence-electron chi connectivity index (χ0n) is 44.0. The molecule has 11 aromatic rings. The largest absolute Gasteiger partial charge is 0.510 e. The number of rotatable bonds is 9. The number of aromatic nitrogens is 4. The molecule has 0 aliphatic rings. The number of imidazole rings is 1. The van der Waals surface area contributed by atoms with Gasteiger partial charge in [0.25, 0.3) is 6.33 Å². The van der Waals surface area contributed by atoms with Crippen molar-refractivity contribution in [3.63, 3.8) is 0 Å². The van der Waals surface area contributed by atoms with Gasteiger partial charge in [-0.05, 0) is 108 Å². The third-order valence-corrected chi connectivity index (χ3v) is 14.7. The Labute approximate surface area is 451 Å². The van der Waals surface area contributed by atoms with Crippen LogP contribution in [0.15, 0.2) is 188 Å². The van der Waals surface area contributed by atoms with E-state index in [2.05, 4.69) is 265 Å². The summed E-state index contributed by atoms with van der Waals surface area (Å²) in [6.45, 7) is 23.0. The van der Waals surface area contributed by atoms with E-state index in [0.717, 1.165) is 77.8 Å². The zero-order chi connectivity index (χ0) is 50.8. The molecule has 0 spiro atoms. The smallest absolute Gasteiger partial charge is 0.268 e. The minimum Gasteiger partial charge on any atom is -0.510 e. The standard InChI is InChI=1S/C68H62N4O.Pt/c1-45(66(2,3)4)48-35-36-69-64(40-48)72-60-30-18-17-27-58(60)59-33-32-55(43-62(59)72)73-54-26-19-25-53(42-54)70-44-71(63-39-49(31-34-61(63)70)46-21-13-11-14-22-46)65-56(47-23-15-12-16-24-47)28-20-29-57(65)50-37-51(67(5,6)7)41-52(38-50)68(8,9)10;/h11-41,45H,1-10H3;/q-2;. The molecule has 74 heavy (non-hydrogen) atoms. The number of hydrogen-bond donors (Lipinski definition) is 0. The van der Waals surface area contributed by atoms with E-state index in [1.165, 1.54) is 22.3 Å². The molecule has 3 aromatic heterocycles. The Bertz CT molecular complexity index is 3810. The first-order valence-corrected chi connectivity index (χ1v) is 25.5. The van der Waals surface area contributed by atoms with Crippen LogP contribution in [0, 0.1) is 23.9 Å². The van der Waals surface area contributed by atoms with Gasteiger partial charge in [0.15, 0.2) is 0 Å². The molecule has 5 nitrogen and oxygen atoms in total. The van der Waals surface area contributed by atoms with Gasteiger partial charge >= 0.3 is 0 Å². The van der Waals surface area contributed by atoms with Crippen LogP contribution in [-0.2, 0) is 31.9 Å². The minimum atomic E-state index is -0.0636. The molecule has 0 radical (unpaired) electrons. The van der Waals surface area contributed by atoms with Crippen LogP contribution < -0.4 is 9.30 Å². The van der Waals surface area contributed by atoms with Gasteiger partial charge in [-0.2, -0.15) is 18.2 Å². The van der Waals surface area contributed by atoms with Crippen molar-refractivity contribution in [2.45, 2.75) is 86.0 Å². The summed E-state index contributed by atoms with van der Waals surface area (Å²) in [4.78, 5) is 4.94. The van der Waals surface area contributed by atoms with Crippen LogP contribution in [0.1, 0.15) is 91.8 Å². The van der Waals surface area contributed by atoms with E-state index in [-0.39, 0.29) is 37.3 Å². The SMILES string of the molecule is CC(c1ccnc(-n2c3[c-]c(Oc4[c-]c(-n5[c-][n+](-c6c(-c7ccccc7)cccc6-c6cc(C(C)(C)C)cc(C(C)(C)C)c6)c6cc(-c7ccccc7)ccc65)ccc4)ccc3c3ccccc32)c1)C(C)(C)C.[Pt]. The first-order valence-electron chi connectivity index (χ1n) is 25.5. The van der Waals surface area contributed by atoms with Crippen molar-refractivity contribution >= 4 is 32.8 Å². The maximum absolute atomic E-state index is 6.77. The van der Waals surface area contributed by atoms with Crippen molar-refractivity contribution in [1.29, 1.82) is 0 Å². The van der Waals surface area contributed by atoms with Crippen LogP contribution in [0.3, 0.4) is 0 Å². The van der Waals surface area contributed by atoms with Crippen LogP contribution in [0.5, 0.6) is 11.5 Å². The Balaban J connectivity index is 0.00000626. The Morgan fingerprint density at radius 1 is 0.527 bits per heavy atom. The van der Waals surface area contributed by atoms with Crippen molar-refractivity contribution in [2.75, 3.05) is 0 Å². The molecular weight excluding hydrogens is 1080 g/mol. The third kappa shape index (κ3) is 9.55. The molecule has 0 aliphatic carbocycles. The molecular formula is C68H62N4OPt-2. The predicted octanol–water partition coefficient (Wildman–Crippen LogP) is 17.3. The normalized spacial score (nSPS) is 12.6. The molecule has 6 heteroatoms. The van der Waals surface area contributed by atoms with Gasteiger partial charge in [0.1, 0.15) is 5.82 Å². The molecule has 0 aliphatic heterocycles. The van der Waals surface area contributed by atoms with E-state index >= 15 is 0 Å². The summed E-state index contributed by atoms with van der Waals surface area (Å²) in [5, 5.41) is 2.22. The second-order valence-corrected chi connectivity index (χ2v) is 22.7. The second-order valence-electron chi connectivity index (χ2n) is 22.7. The fourth-order valence-corrected chi connectivity index (χ4v) is 10.0. The van der Waals surface area contributed by atoms with E-state index in [1.807, 2.05) is 24.4 Å². The molecule has 1 unspecified atom stereocenters. The third-order valence-electron chi connectivity index (χ3n) is 14.7. The van der Waals surface area contributed by atoms with Crippen LogP contribution in [0.2, 0.25) is 0 Å². The van der Waals surface area contributed by atoms with Gasteiger partial charge in [0, 0.05) is 44.3 Å². The van der Waals surface area contributed by atoms with Crippen molar-refractivity contribution in [3.05, 3.63) is 223 Å². The maximum Gasteiger partial charge on any atom is 0.268 e. The summed E-state index contributed by atoms with van der Waals surface area (Å²) >= 11 is 0. The summed E-state index contributed by atoms with van der Waals surface area (Å²) in [7, 11) is 0. The molecule has 0 N–H and O–H groups in total. The number of pyridine rings is 1. The molecule has 11 rings (SSSR count). The fourth-order valence-electron chi connectivity index (χ4n) is 10.0. The molecule has 3 heterocycles. The van der Waals surface area contributed by atoms with Crippen molar-refractivity contribution in [3.8, 4) is 62.1 Å².